The quantitative estimate of drug-likeness (QED) is 0.336. The number of ether oxygens (including phenoxy) is 1. The summed E-state index contributed by atoms with van der Waals surface area (Å²) < 4.78 is 7.27. The van der Waals surface area contributed by atoms with E-state index in [9.17, 15) is 0 Å². The summed E-state index contributed by atoms with van der Waals surface area (Å²) in [5.74, 6) is 0.907. The van der Waals surface area contributed by atoms with Crippen molar-refractivity contribution >= 4 is 29.9 Å². The molecule has 1 aromatic rings. The van der Waals surface area contributed by atoms with Crippen molar-refractivity contribution in [1.29, 1.82) is 0 Å². The highest BCUT2D eigenvalue weighted by molar-refractivity contribution is 14.0. The van der Waals surface area contributed by atoms with E-state index in [4.69, 9.17) is 9.73 Å². The van der Waals surface area contributed by atoms with Gasteiger partial charge < -0.3 is 15.4 Å². The average Bonchev–Trinajstić information content (AvgIpc) is 3.20. The molecule has 0 bridgehead atoms. The molecule has 0 radical (unpaired) electrons. The normalized spacial score (nSPS) is 16.5. The molecule has 1 aliphatic rings. The van der Waals surface area contributed by atoms with E-state index in [1.54, 1.807) is 7.11 Å². The van der Waals surface area contributed by atoms with Gasteiger partial charge in [0.15, 0.2) is 5.96 Å². The van der Waals surface area contributed by atoms with Crippen LogP contribution in [0.5, 0.6) is 0 Å². The Morgan fingerprint density at radius 1 is 1.36 bits per heavy atom. The largest absolute Gasteiger partial charge is 0.385 e. The van der Waals surface area contributed by atoms with Gasteiger partial charge in [0, 0.05) is 39.5 Å². The van der Waals surface area contributed by atoms with Crippen LogP contribution in [0.4, 0.5) is 0 Å². The van der Waals surface area contributed by atoms with Crippen molar-refractivity contribution in [1.82, 2.24) is 20.4 Å². The van der Waals surface area contributed by atoms with Crippen LogP contribution in [0.3, 0.4) is 0 Å². The van der Waals surface area contributed by atoms with E-state index in [1.807, 2.05) is 10.9 Å². The van der Waals surface area contributed by atoms with Crippen molar-refractivity contribution in [3.05, 3.63) is 18.0 Å². The molecular formula is C18H34IN5O. The van der Waals surface area contributed by atoms with Crippen LogP contribution >= 0.6 is 24.0 Å². The highest BCUT2D eigenvalue weighted by Crippen LogP contribution is 2.41. The first-order valence-corrected chi connectivity index (χ1v) is 9.18. The van der Waals surface area contributed by atoms with E-state index in [0.717, 1.165) is 45.2 Å². The second-order valence-electron chi connectivity index (χ2n) is 6.85. The number of aromatic nitrogens is 2. The molecule has 2 rings (SSSR count). The van der Waals surface area contributed by atoms with Gasteiger partial charge in [-0.3, -0.25) is 9.67 Å². The third kappa shape index (κ3) is 7.52. The Hall–Kier alpha value is -0.830. The number of guanidine groups is 1. The molecular weight excluding hydrogens is 429 g/mol. The van der Waals surface area contributed by atoms with E-state index in [1.165, 1.54) is 31.2 Å². The van der Waals surface area contributed by atoms with Gasteiger partial charge >= 0.3 is 0 Å². The third-order valence-corrected chi connectivity index (χ3v) is 4.81. The van der Waals surface area contributed by atoms with Crippen LogP contribution in [0.15, 0.2) is 17.4 Å². The van der Waals surface area contributed by atoms with Crippen molar-refractivity contribution in [2.24, 2.45) is 10.4 Å². The number of aryl methyl sites for hydroxylation is 1. The van der Waals surface area contributed by atoms with Gasteiger partial charge in [-0.05, 0) is 44.1 Å². The summed E-state index contributed by atoms with van der Waals surface area (Å²) in [6.07, 6.45) is 10.2. The molecule has 1 heterocycles. The fraction of sp³-hybridized carbons (Fsp3) is 0.778. The molecule has 0 spiro atoms. The molecule has 2 N–H and O–H groups in total. The Morgan fingerprint density at radius 3 is 2.72 bits per heavy atom. The summed E-state index contributed by atoms with van der Waals surface area (Å²) in [6, 6.07) is 0. The van der Waals surface area contributed by atoms with Crippen LogP contribution in [0.25, 0.3) is 0 Å². The predicted molar refractivity (Wildman–Crippen MR) is 114 cm³/mol. The molecule has 0 unspecified atom stereocenters. The van der Waals surface area contributed by atoms with E-state index < -0.39 is 0 Å². The van der Waals surface area contributed by atoms with Crippen molar-refractivity contribution in [2.45, 2.75) is 52.5 Å². The predicted octanol–water partition coefficient (Wildman–Crippen LogP) is 2.96. The maximum absolute atomic E-state index is 5.31. The van der Waals surface area contributed by atoms with Crippen LogP contribution in [-0.4, -0.2) is 49.1 Å². The lowest BCUT2D eigenvalue weighted by Gasteiger charge is -2.27. The Balaban J connectivity index is 0.00000312. The number of hydrogen-bond acceptors (Lipinski definition) is 3. The Morgan fingerprint density at radius 2 is 2.12 bits per heavy atom. The van der Waals surface area contributed by atoms with Crippen molar-refractivity contribution < 1.29 is 4.74 Å². The van der Waals surface area contributed by atoms with E-state index in [2.05, 4.69) is 35.8 Å². The van der Waals surface area contributed by atoms with Gasteiger partial charge in [-0.2, -0.15) is 5.10 Å². The van der Waals surface area contributed by atoms with Gasteiger partial charge in [0.05, 0.1) is 12.7 Å². The van der Waals surface area contributed by atoms with Crippen LogP contribution in [-0.2, 0) is 11.3 Å². The minimum absolute atomic E-state index is 0. The van der Waals surface area contributed by atoms with Gasteiger partial charge in [0.25, 0.3) is 0 Å². The number of hydrogen-bond donors (Lipinski definition) is 2. The molecule has 1 saturated carbocycles. The number of nitrogens with zero attached hydrogens (tertiary/aromatic N) is 3. The van der Waals surface area contributed by atoms with Gasteiger partial charge in [-0.15, -0.1) is 24.0 Å². The molecule has 0 aliphatic heterocycles. The zero-order valence-corrected chi connectivity index (χ0v) is 18.2. The number of rotatable bonds is 9. The third-order valence-electron chi connectivity index (χ3n) is 4.81. The summed E-state index contributed by atoms with van der Waals surface area (Å²) in [5.41, 5.74) is 1.52. The zero-order valence-electron chi connectivity index (χ0n) is 15.9. The van der Waals surface area contributed by atoms with Crippen LogP contribution in [0.2, 0.25) is 0 Å². The molecule has 0 aromatic carbocycles. The molecule has 7 heteroatoms. The van der Waals surface area contributed by atoms with E-state index >= 15 is 0 Å². The van der Waals surface area contributed by atoms with E-state index in [-0.39, 0.29) is 24.0 Å². The lowest BCUT2D eigenvalue weighted by atomic mass is 9.83. The molecule has 0 atom stereocenters. The molecule has 1 aromatic heterocycles. The van der Waals surface area contributed by atoms with Crippen LogP contribution < -0.4 is 10.6 Å². The first kappa shape index (κ1) is 22.2. The lowest BCUT2D eigenvalue weighted by molar-refractivity contribution is 0.141. The maximum atomic E-state index is 5.31. The second kappa shape index (κ2) is 11.7. The summed E-state index contributed by atoms with van der Waals surface area (Å²) in [7, 11) is 1.79. The van der Waals surface area contributed by atoms with Gasteiger partial charge in [0.2, 0.25) is 0 Å². The molecule has 0 saturated heterocycles. The van der Waals surface area contributed by atoms with Crippen molar-refractivity contribution in [2.75, 3.05) is 33.4 Å². The SMILES string of the molecule is CCNC(=NCC1(CCOC)CCCC1)NCCn1cc(C)cn1.I. The van der Waals surface area contributed by atoms with Crippen LogP contribution in [0, 0.1) is 12.3 Å². The first-order valence-electron chi connectivity index (χ1n) is 9.18. The van der Waals surface area contributed by atoms with Crippen molar-refractivity contribution in [3.8, 4) is 0 Å². The van der Waals surface area contributed by atoms with Gasteiger partial charge in [0.1, 0.15) is 0 Å². The minimum Gasteiger partial charge on any atom is -0.385 e. The topological polar surface area (TPSA) is 63.5 Å². The van der Waals surface area contributed by atoms with Gasteiger partial charge in [-0.25, -0.2) is 0 Å². The lowest BCUT2D eigenvalue weighted by Crippen LogP contribution is -2.40. The van der Waals surface area contributed by atoms with E-state index in [0.29, 0.717) is 5.41 Å². The highest BCUT2D eigenvalue weighted by Gasteiger charge is 2.33. The van der Waals surface area contributed by atoms with Gasteiger partial charge in [-0.1, -0.05) is 12.8 Å². The smallest absolute Gasteiger partial charge is 0.191 e. The molecule has 144 valence electrons. The number of nitrogens with one attached hydrogen (secondary N) is 2. The zero-order chi connectivity index (χ0) is 17.3. The molecule has 1 fully saturated rings. The molecule has 1 aliphatic carbocycles. The summed E-state index contributed by atoms with van der Waals surface area (Å²) >= 11 is 0. The maximum Gasteiger partial charge on any atom is 0.191 e. The average molecular weight is 463 g/mol. The Labute approximate surface area is 169 Å². The fourth-order valence-corrected chi connectivity index (χ4v) is 3.40. The monoisotopic (exact) mass is 463 g/mol. The Kier molecular flexibility index (Phi) is 10.4. The highest BCUT2D eigenvalue weighted by atomic mass is 127. The molecule has 6 nitrogen and oxygen atoms in total. The summed E-state index contributed by atoms with van der Waals surface area (Å²) in [5, 5.41) is 11.1. The number of aliphatic imine (C=N–C) groups is 1. The summed E-state index contributed by atoms with van der Waals surface area (Å²) in [4.78, 5) is 4.87. The molecule has 0 amide bonds. The van der Waals surface area contributed by atoms with Crippen molar-refractivity contribution in [3.63, 3.8) is 0 Å². The number of halogens is 1. The summed E-state index contributed by atoms with van der Waals surface area (Å²) in [6.45, 7) is 8.40. The van der Waals surface area contributed by atoms with Crippen LogP contribution in [0.1, 0.15) is 44.6 Å². The fourth-order valence-electron chi connectivity index (χ4n) is 3.40. The second-order valence-corrected chi connectivity index (χ2v) is 6.85. The Bertz CT molecular complexity index is 511. The minimum atomic E-state index is 0. The first-order chi connectivity index (χ1) is 11.7. The number of methoxy groups -OCH3 is 1. The standard InChI is InChI=1S/C18H33N5O.HI/c1-4-19-17(20-10-11-23-14-16(2)13-22-23)21-15-18(9-12-24-3)7-5-6-8-18;/h13-14H,4-12,15H2,1-3H3,(H2,19,20,21);1H. The molecule has 25 heavy (non-hydrogen) atoms.